The summed E-state index contributed by atoms with van der Waals surface area (Å²) in [6, 6.07) is 1.47. The largest absolute Gasteiger partial charge is 0.466 e. The molecule has 0 aliphatic carbocycles. The van der Waals surface area contributed by atoms with Crippen molar-refractivity contribution in [1.29, 1.82) is 0 Å². The van der Waals surface area contributed by atoms with Gasteiger partial charge in [0.05, 0.1) is 29.9 Å². The van der Waals surface area contributed by atoms with Gasteiger partial charge < -0.3 is 9.47 Å². The smallest absolute Gasteiger partial charge is 0.416 e. The number of carbonyl (C=O) groups excluding carboxylic acids is 1. The van der Waals surface area contributed by atoms with Crippen LogP contribution < -0.4 is 0 Å². The Morgan fingerprint density at radius 2 is 1.65 bits per heavy atom. The topological polar surface area (TPSA) is 35.5 Å². The second kappa shape index (κ2) is 7.85. The molecule has 2 unspecified atom stereocenters. The fraction of sp³-hybridized carbons (Fsp3) is 0.588. The number of rotatable bonds is 5. The number of hydrogen-bond donors (Lipinski definition) is 0. The molecule has 1 fully saturated rings. The molecule has 2 rings (SSSR count). The van der Waals surface area contributed by atoms with Crippen LogP contribution in [0.15, 0.2) is 18.2 Å². The Hall–Kier alpha value is -1.77. The highest BCUT2D eigenvalue weighted by Gasteiger charge is 2.38. The van der Waals surface area contributed by atoms with Crippen LogP contribution in [-0.4, -0.2) is 18.7 Å². The molecule has 0 aromatic heterocycles. The van der Waals surface area contributed by atoms with E-state index in [2.05, 4.69) is 0 Å². The second-order valence-corrected chi connectivity index (χ2v) is 6.01. The Balaban J connectivity index is 2.14. The molecule has 1 heterocycles. The third-order valence-electron chi connectivity index (χ3n) is 4.07. The van der Waals surface area contributed by atoms with E-state index in [-0.39, 0.29) is 31.1 Å². The summed E-state index contributed by atoms with van der Waals surface area (Å²) in [5, 5.41) is 0. The summed E-state index contributed by atoms with van der Waals surface area (Å²) in [4.78, 5) is 11.3. The molecule has 1 aromatic rings. The van der Waals surface area contributed by atoms with Crippen LogP contribution in [0.3, 0.4) is 0 Å². The highest BCUT2D eigenvalue weighted by Crippen LogP contribution is 2.41. The van der Waals surface area contributed by atoms with Crippen molar-refractivity contribution in [2.45, 2.75) is 57.2 Å². The second-order valence-electron chi connectivity index (χ2n) is 6.01. The molecule has 0 radical (unpaired) electrons. The summed E-state index contributed by atoms with van der Waals surface area (Å²) in [7, 11) is 0. The molecule has 1 aliphatic rings. The molecule has 26 heavy (non-hydrogen) atoms. The van der Waals surface area contributed by atoms with Gasteiger partial charge in [-0.1, -0.05) is 0 Å². The Morgan fingerprint density at radius 3 is 2.15 bits per heavy atom. The first-order valence-corrected chi connectivity index (χ1v) is 8.11. The fourth-order valence-electron chi connectivity index (χ4n) is 2.84. The van der Waals surface area contributed by atoms with Crippen LogP contribution in [0.4, 0.5) is 26.3 Å². The van der Waals surface area contributed by atoms with Crippen molar-refractivity contribution in [1.82, 2.24) is 0 Å². The Labute approximate surface area is 146 Å². The van der Waals surface area contributed by atoms with E-state index in [4.69, 9.17) is 9.47 Å². The first-order chi connectivity index (χ1) is 12.0. The molecular formula is C17H18F6O3. The average Bonchev–Trinajstić information content (AvgIpc) is 3.00. The van der Waals surface area contributed by atoms with E-state index in [0.29, 0.717) is 25.0 Å². The highest BCUT2D eigenvalue weighted by atomic mass is 19.4. The maximum Gasteiger partial charge on any atom is 0.416 e. The summed E-state index contributed by atoms with van der Waals surface area (Å²) in [6.45, 7) is 1.89. The lowest BCUT2D eigenvalue weighted by molar-refractivity contribution is -0.145. The van der Waals surface area contributed by atoms with Crippen LogP contribution in [0.5, 0.6) is 0 Å². The molecule has 0 N–H and O–H groups in total. The lowest BCUT2D eigenvalue weighted by atomic mass is 9.99. The minimum Gasteiger partial charge on any atom is -0.466 e. The molecule has 0 bridgehead atoms. The standard InChI is InChI=1S/C17H18F6O3/c1-2-25-15(24)6-4-13-3-5-14(26-13)10-7-11(16(18,19)20)9-12(8-10)17(21,22)23/h7-9,13-14H,2-6H2,1H3. The fourth-order valence-corrected chi connectivity index (χ4v) is 2.84. The van der Waals surface area contributed by atoms with E-state index >= 15 is 0 Å². The number of carbonyl (C=O) groups is 1. The minimum absolute atomic E-state index is 0.0849. The third-order valence-corrected chi connectivity index (χ3v) is 4.07. The summed E-state index contributed by atoms with van der Waals surface area (Å²) in [5.74, 6) is -0.419. The van der Waals surface area contributed by atoms with Gasteiger partial charge in [-0.25, -0.2) is 0 Å². The SMILES string of the molecule is CCOC(=O)CCC1CCC(c2cc(C(F)(F)F)cc(C(F)(F)F)c2)O1. The van der Waals surface area contributed by atoms with Crippen LogP contribution >= 0.6 is 0 Å². The van der Waals surface area contributed by atoms with E-state index in [9.17, 15) is 31.1 Å². The lowest BCUT2D eigenvalue weighted by Gasteiger charge is -2.18. The van der Waals surface area contributed by atoms with Crippen LogP contribution in [0, 0.1) is 0 Å². The molecule has 3 nitrogen and oxygen atoms in total. The van der Waals surface area contributed by atoms with Gasteiger partial charge in [-0.2, -0.15) is 26.3 Å². The van der Waals surface area contributed by atoms with Crippen molar-refractivity contribution in [3.05, 3.63) is 34.9 Å². The zero-order valence-corrected chi connectivity index (χ0v) is 13.9. The molecule has 0 spiro atoms. The van der Waals surface area contributed by atoms with E-state index < -0.39 is 41.7 Å². The molecule has 0 saturated carbocycles. The van der Waals surface area contributed by atoms with Crippen LogP contribution in [0.1, 0.15) is 55.4 Å². The van der Waals surface area contributed by atoms with Gasteiger partial charge in [-0.15, -0.1) is 0 Å². The van der Waals surface area contributed by atoms with E-state index in [1.165, 1.54) is 0 Å². The number of benzene rings is 1. The average molecular weight is 384 g/mol. The number of alkyl halides is 6. The summed E-state index contributed by atoms with van der Waals surface area (Å²) >= 11 is 0. The van der Waals surface area contributed by atoms with Gasteiger partial charge in [0.1, 0.15) is 0 Å². The Bertz CT molecular complexity index is 606. The maximum atomic E-state index is 12.9. The number of esters is 1. The molecule has 0 amide bonds. The zero-order valence-electron chi connectivity index (χ0n) is 13.9. The van der Waals surface area contributed by atoms with Gasteiger partial charge in [0, 0.05) is 6.42 Å². The summed E-state index contributed by atoms with van der Waals surface area (Å²) in [5.41, 5.74) is -2.88. The predicted molar refractivity (Wildman–Crippen MR) is 79.2 cm³/mol. The van der Waals surface area contributed by atoms with Crippen LogP contribution in [0.2, 0.25) is 0 Å². The molecule has 1 saturated heterocycles. The van der Waals surface area contributed by atoms with Gasteiger partial charge in [-0.3, -0.25) is 4.79 Å². The first-order valence-electron chi connectivity index (χ1n) is 8.11. The Morgan fingerprint density at radius 1 is 1.08 bits per heavy atom. The van der Waals surface area contributed by atoms with Gasteiger partial charge in [0.25, 0.3) is 0 Å². The van der Waals surface area contributed by atoms with E-state index in [0.717, 1.165) is 0 Å². The van der Waals surface area contributed by atoms with Gasteiger partial charge >= 0.3 is 18.3 Å². The quantitative estimate of drug-likeness (QED) is 0.511. The zero-order chi connectivity index (χ0) is 19.5. The summed E-state index contributed by atoms with van der Waals surface area (Å²) in [6.07, 6.45) is -9.94. The molecule has 146 valence electrons. The van der Waals surface area contributed by atoms with Gasteiger partial charge in [0.15, 0.2) is 0 Å². The van der Waals surface area contributed by atoms with Gasteiger partial charge in [-0.05, 0) is 49.9 Å². The van der Waals surface area contributed by atoms with E-state index in [1.807, 2.05) is 0 Å². The molecule has 2 atom stereocenters. The molecule has 1 aromatic carbocycles. The van der Waals surface area contributed by atoms with Crippen molar-refractivity contribution < 1.29 is 40.6 Å². The monoisotopic (exact) mass is 384 g/mol. The molecule has 1 aliphatic heterocycles. The molecule has 9 heteroatoms. The van der Waals surface area contributed by atoms with Crippen molar-refractivity contribution in [2.24, 2.45) is 0 Å². The third kappa shape index (κ3) is 5.36. The van der Waals surface area contributed by atoms with Crippen molar-refractivity contribution in [3.8, 4) is 0 Å². The Kier molecular flexibility index (Phi) is 6.21. The van der Waals surface area contributed by atoms with Crippen LogP contribution in [0.25, 0.3) is 0 Å². The normalized spacial score (nSPS) is 21.0. The van der Waals surface area contributed by atoms with Crippen molar-refractivity contribution in [3.63, 3.8) is 0 Å². The van der Waals surface area contributed by atoms with Crippen molar-refractivity contribution >= 4 is 5.97 Å². The van der Waals surface area contributed by atoms with Gasteiger partial charge in [0.2, 0.25) is 0 Å². The van der Waals surface area contributed by atoms with E-state index in [1.54, 1.807) is 6.92 Å². The maximum absolute atomic E-state index is 12.9. The highest BCUT2D eigenvalue weighted by molar-refractivity contribution is 5.69. The predicted octanol–water partition coefficient (Wildman–Crippen LogP) is 5.29. The first kappa shape index (κ1) is 20.5. The number of halogens is 6. The molecular weight excluding hydrogens is 366 g/mol. The lowest BCUT2D eigenvalue weighted by Crippen LogP contribution is -2.14. The van der Waals surface area contributed by atoms with Crippen LogP contribution in [-0.2, 0) is 26.6 Å². The number of hydrogen-bond acceptors (Lipinski definition) is 3. The summed E-state index contributed by atoms with van der Waals surface area (Å²) < 4.78 is 87.9. The van der Waals surface area contributed by atoms with Crippen molar-refractivity contribution in [2.75, 3.05) is 6.61 Å². The number of ether oxygens (including phenoxy) is 2. The minimum atomic E-state index is -4.89.